The number of amides is 1. The van der Waals surface area contributed by atoms with E-state index in [0.717, 1.165) is 5.56 Å². The molecule has 2 aromatic carbocycles. The third-order valence-electron chi connectivity index (χ3n) is 4.47. The largest absolute Gasteiger partial charge is 0.495 e. The Balaban J connectivity index is 0.00000177. The molecule has 1 amide bonds. The Bertz CT molecular complexity index is 1020. The second-order valence-corrected chi connectivity index (χ2v) is 6.15. The van der Waals surface area contributed by atoms with Gasteiger partial charge in [0.05, 0.1) is 46.9 Å². The maximum Gasteiger partial charge on any atom is 0.238 e. The van der Waals surface area contributed by atoms with Gasteiger partial charge < -0.3 is 34.5 Å². The zero-order valence-electron chi connectivity index (χ0n) is 19.1. The molecule has 180 valence electrons. The lowest BCUT2D eigenvalue weighted by Crippen LogP contribution is -2.22. The van der Waals surface area contributed by atoms with E-state index in [0.29, 0.717) is 45.6 Å². The summed E-state index contributed by atoms with van der Waals surface area (Å²) in [5.74, 6) is 2.11. The molecule has 0 unspecified atom stereocenters. The highest BCUT2D eigenvalue weighted by Crippen LogP contribution is 2.43. The number of benzene rings is 2. The van der Waals surface area contributed by atoms with Crippen molar-refractivity contribution in [3.63, 3.8) is 0 Å². The summed E-state index contributed by atoms with van der Waals surface area (Å²) in [5, 5.41) is 6.68. The molecule has 0 aliphatic carbocycles. The number of carbonyl (C=O) groups is 1. The first-order chi connectivity index (χ1) is 15.6. The first-order valence-corrected chi connectivity index (χ1v) is 9.99. The molecule has 3 N–H and O–H groups in total. The van der Waals surface area contributed by atoms with Crippen LogP contribution in [0.2, 0.25) is 0 Å². The van der Waals surface area contributed by atoms with Crippen molar-refractivity contribution >= 4 is 11.6 Å². The van der Waals surface area contributed by atoms with Crippen molar-refractivity contribution in [2.24, 2.45) is 5.73 Å². The van der Waals surface area contributed by atoms with Gasteiger partial charge in [-0.25, -0.2) is 0 Å². The quantitative estimate of drug-likeness (QED) is 0.502. The van der Waals surface area contributed by atoms with Crippen LogP contribution in [-0.4, -0.2) is 46.0 Å². The normalized spacial score (nSPS) is 9.67. The van der Waals surface area contributed by atoms with Crippen LogP contribution in [0.5, 0.6) is 23.0 Å². The molecule has 0 radical (unpaired) electrons. The van der Waals surface area contributed by atoms with Gasteiger partial charge in [0.2, 0.25) is 11.7 Å². The minimum atomic E-state index is -0.333. The molecule has 0 aliphatic rings. The number of hydrogen-bond donors (Lipinski definition) is 2. The fraction of sp³-hybridized carbons (Fsp3) is 0.333. The number of aromatic nitrogens is 1. The molecule has 0 fully saturated rings. The minimum Gasteiger partial charge on any atom is -0.495 e. The number of methoxy groups -OCH3 is 4. The summed E-state index contributed by atoms with van der Waals surface area (Å²) >= 11 is 0. The van der Waals surface area contributed by atoms with Crippen LogP contribution in [0.4, 0.5) is 5.69 Å². The maximum absolute atomic E-state index is 11.8. The lowest BCUT2D eigenvalue weighted by molar-refractivity contribution is -0.114. The van der Waals surface area contributed by atoms with Gasteiger partial charge in [0.25, 0.3) is 0 Å². The number of rotatable bonds is 8. The van der Waals surface area contributed by atoms with Crippen LogP contribution in [0.25, 0.3) is 22.5 Å². The Morgan fingerprint density at radius 2 is 1.55 bits per heavy atom. The van der Waals surface area contributed by atoms with Crippen LogP contribution in [0.1, 0.15) is 21.3 Å². The Kier molecular flexibility index (Phi) is 10.7. The highest BCUT2D eigenvalue weighted by atomic mass is 16.5. The molecule has 3 rings (SSSR count). The Morgan fingerprint density at radius 1 is 0.939 bits per heavy atom. The monoisotopic (exact) mass is 459 g/mol. The van der Waals surface area contributed by atoms with E-state index in [4.69, 9.17) is 29.2 Å². The third-order valence-corrected chi connectivity index (χ3v) is 4.47. The van der Waals surface area contributed by atoms with E-state index >= 15 is 0 Å². The molecule has 1 aromatic heterocycles. The van der Waals surface area contributed by atoms with Crippen molar-refractivity contribution in [1.29, 1.82) is 0 Å². The predicted octanol–water partition coefficient (Wildman–Crippen LogP) is 4.60. The van der Waals surface area contributed by atoms with E-state index in [1.54, 1.807) is 30.5 Å². The molecule has 9 nitrogen and oxygen atoms in total. The highest BCUT2D eigenvalue weighted by Gasteiger charge is 2.20. The first-order valence-electron chi connectivity index (χ1n) is 9.99. The van der Waals surface area contributed by atoms with Crippen LogP contribution in [0.3, 0.4) is 0 Å². The van der Waals surface area contributed by atoms with Gasteiger partial charge >= 0.3 is 0 Å². The van der Waals surface area contributed by atoms with Crippen LogP contribution in [0.15, 0.2) is 41.1 Å². The Labute approximate surface area is 194 Å². The van der Waals surface area contributed by atoms with E-state index in [9.17, 15) is 4.79 Å². The molecule has 0 bridgehead atoms. The number of hydrogen-bond acceptors (Lipinski definition) is 8. The van der Waals surface area contributed by atoms with E-state index in [-0.39, 0.29) is 19.9 Å². The smallest absolute Gasteiger partial charge is 0.238 e. The molecule has 0 aliphatic heterocycles. The topological polar surface area (TPSA) is 118 Å². The van der Waals surface area contributed by atoms with Gasteiger partial charge in [-0.3, -0.25) is 4.79 Å². The zero-order valence-corrected chi connectivity index (χ0v) is 19.1. The van der Waals surface area contributed by atoms with Crippen molar-refractivity contribution in [3.8, 4) is 45.4 Å². The molecule has 1 heterocycles. The molecule has 0 saturated carbocycles. The fourth-order valence-corrected chi connectivity index (χ4v) is 3.04. The van der Waals surface area contributed by atoms with E-state index < -0.39 is 0 Å². The average molecular weight is 460 g/mol. The van der Waals surface area contributed by atoms with Gasteiger partial charge in [-0.15, -0.1) is 0 Å². The lowest BCUT2D eigenvalue weighted by atomic mass is 10.0. The number of nitrogens with two attached hydrogens (primary N) is 1. The first kappa shape index (κ1) is 27.3. The SMILES string of the molecule is C.CC.COc1ccc(-c2cnoc2-c2cc(OC)c(OC)c(OC)c2)cc1NC(=O)CN. The van der Waals surface area contributed by atoms with Gasteiger partial charge in [0, 0.05) is 11.1 Å². The summed E-state index contributed by atoms with van der Waals surface area (Å²) in [7, 11) is 6.14. The summed E-state index contributed by atoms with van der Waals surface area (Å²) in [5.41, 5.74) is 8.04. The van der Waals surface area contributed by atoms with Crippen LogP contribution >= 0.6 is 0 Å². The molecule has 9 heteroatoms. The Hall–Kier alpha value is -3.72. The van der Waals surface area contributed by atoms with Gasteiger partial charge in [-0.05, 0) is 29.8 Å². The van der Waals surface area contributed by atoms with Crippen molar-refractivity contribution in [3.05, 3.63) is 36.5 Å². The summed E-state index contributed by atoms with van der Waals surface area (Å²) < 4.78 is 27.1. The van der Waals surface area contributed by atoms with Crippen molar-refractivity contribution in [2.45, 2.75) is 21.3 Å². The third kappa shape index (κ3) is 5.95. The summed E-state index contributed by atoms with van der Waals surface area (Å²) in [6.07, 6.45) is 1.59. The summed E-state index contributed by atoms with van der Waals surface area (Å²) in [4.78, 5) is 11.8. The molecule has 0 spiro atoms. The van der Waals surface area contributed by atoms with Gasteiger partial charge in [0.1, 0.15) is 5.75 Å². The molecule has 0 saturated heterocycles. The molecule has 0 atom stereocenters. The molecular formula is C24H33N3O6. The standard InChI is InChI=1S/C21H23N3O6.C2H6.CH4/c1-26-16-6-5-12(7-15(16)24-19(25)10-22)14-11-23-30-20(14)13-8-17(27-2)21(29-4)18(9-13)28-3;1-2;/h5-9,11H,10,22H2,1-4H3,(H,24,25);1-2H3;1H4. The minimum absolute atomic E-state index is 0. The summed E-state index contributed by atoms with van der Waals surface area (Å²) in [6.45, 7) is 3.86. The van der Waals surface area contributed by atoms with Crippen LogP contribution < -0.4 is 30.0 Å². The Morgan fingerprint density at radius 3 is 2.06 bits per heavy atom. The second kappa shape index (κ2) is 13.0. The number of anilines is 1. The van der Waals surface area contributed by atoms with Gasteiger partial charge in [-0.2, -0.15) is 0 Å². The molecule has 3 aromatic rings. The van der Waals surface area contributed by atoms with E-state index in [2.05, 4.69) is 10.5 Å². The van der Waals surface area contributed by atoms with Crippen LogP contribution in [-0.2, 0) is 4.79 Å². The number of nitrogens with one attached hydrogen (secondary N) is 1. The van der Waals surface area contributed by atoms with E-state index in [1.165, 1.54) is 28.4 Å². The zero-order chi connectivity index (χ0) is 23.7. The van der Waals surface area contributed by atoms with Crippen molar-refractivity contribution in [2.75, 3.05) is 40.3 Å². The number of carbonyl (C=O) groups excluding carboxylic acids is 1. The maximum atomic E-state index is 11.8. The van der Waals surface area contributed by atoms with Gasteiger partial charge in [-0.1, -0.05) is 32.5 Å². The van der Waals surface area contributed by atoms with Crippen LogP contribution in [0, 0.1) is 0 Å². The highest BCUT2D eigenvalue weighted by molar-refractivity contribution is 5.95. The van der Waals surface area contributed by atoms with Crippen molar-refractivity contribution < 1.29 is 28.3 Å². The lowest BCUT2D eigenvalue weighted by Gasteiger charge is -2.14. The molecule has 33 heavy (non-hydrogen) atoms. The number of ether oxygens (including phenoxy) is 4. The van der Waals surface area contributed by atoms with E-state index in [1.807, 2.05) is 19.9 Å². The fourth-order valence-electron chi connectivity index (χ4n) is 3.04. The number of nitrogens with zero attached hydrogens (tertiary/aromatic N) is 1. The van der Waals surface area contributed by atoms with Gasteiger partial charge in [0.15, 0.2) is 17.3 Å². The molecular weight excluding hydrogens is 426 g/mol. The summed E-state index contributed by atoms with van der Waals surface area (Å²) in [6, 6.07) is 8.89. The predicted molar refractivity (Wildman–Crippen MR) is 129 cm³/mol. The average Bonchev–Trinajstić information content (AvgIpc) is 3.34. The van der Waals surface area contributed by atoms with Crippen molar-refractivity contribution in [1.82, 2.24) is 5.16 Å². The second-order valence-electron chi connectivity index (χ2n) is 6.15.